The minimum atomic E-state index is -1.36. The first-order valence-corrected chi connectivity index (χ1v) is 8.74. The normalized spacial score (nSPS) is 15.0. The first kappa shape index (κ1) is 19.4. The Balaban J connectivity index is 0.00000192. The van der Waals surface area contributed by atoms with Crippen LogP contribution < -0.4 is 4.74 Å². The Bertz CT molecular complexity index is 1100. The molecule has 0 aromatic heterocycles. The molecule has 28 heavy (non-hydrogen) atoms. The van der Waals surface area contributed by atoms with Crippen LogP contribution in [0.5, 0.6) is 23.0 Å². The average molecular weight is 424 g/mol. The van der Waals surface area contributed by atoms with Crippen molar-refractivity contribution in [3.63, 3.8) is 0 Å². The molecule has 5 nitrogen and oxygen atoms in total. The molecule has 0 amide bonds. The number of ether oxygens (including phenoxy) is 2. The van der Waals surface area contributed by atoms with E-state index in [0.29, 0.717) is 22.3 Å². The quantitative estimate of drug-likeness (QED) is 0.408. The van der Waals surface area contributed by atoms with Gasteiger partial charge in [0.2, 0.25) is 0 Å². The van der Waals surface area contributed by atoms with E-state index in [4.69, 9.17) is 32.7 Å². The molecule has 3 aromatic rings. The first-order chi connectivity index (χ1) is 12.9. The molecule has 135 valence electrons. The summed E-state index contributed by atoms with van der Waals surface area (Å²) in [7, 11) is 0. The maximum absolute atomic E-state index is 12.6. The van der Waals surface area contributed by atoms with Crippen LogP contribution >= 0.6 is 23.2 Å². The van der Waals surface area contributed by atoms with E-state index in [-0.39, 0.29) is 62.6 Å². The van der Waals surface area contributed by atoms with E-state index in [1.54, 1.807) is 24.3 Å². The topological polar surface area (TPSA) is 76.0 Å². The summed E-state index contributed by atoms with van der Waals surface area (Å²) in [5.41, 5.74) is 0.565. The molecule has 2 heterocycles. The first-order valence-electron chi connectivity index (χ1n) is 7.98. The van der Waals surface area contributed by atoms with Gasteiger partial charge in [0.1, 0.15) is 23.0 Å². The van der Waals surface area contributed by atoms with Crippen LogP contribution in [0.3, 0.4) is 0 Å². The molecule has 1 radical (unpaired) electrons. The van der Waals surface area contributed by atoms with Gasteiger partial charge >= 0.3 is 5.97 Å². The molecule has 2 aliphatic heterocycles. The Morgan fingerprint density at radius 2 is 1.36 bits per heavy atom. The number of hydrogen-bond acceptors (Lipinski definition) is 5. The summed E-state index contributed by atoms with van der Waals surface area (Å²) >= 11 is 12.3. The summed E-state index contributed by atoms with van der Waals surface area (Å²) < 4.78 is 11.8. The molecule has 1 spiro atoms. The van der Waals surface area contributed by atoms with Crippen LogP contribution in [0.25, 0.3) is 0 Å². The number of carbonyl (C=O) groups excluding carboxylic acids is 1. The summed E-state index contributed by atoms with van der Waals surface area (Å²) in [5.74, 6) is -0.335. The fourth-order valence-corrected chi connectivity index (χ4v) is 4.01. The fraction of sp³-hybridized carbons (Fsp3) is 0.0500. The smallest absolute Gasteiger partial charge is 0.340 e. The van der Waals surface area contributed by atoms with Gasteiger partial charge in [0, 0.05) is 58.4 Å². The van der Waals surface area contributed by atoms with Gasteiger partial charge in [-0.3, -0.25) is 0 Å². The van der Waals surface area contributed by atoms with Crippen molar-refractivity contribution in [3.05, 3.63) is 80.8 Å². The minimum Gasteiger partial charge on any atom is -0.506 e. The van der Waals surface area contributed by atoms with Gasteiger partial charge in [0.25, 0.3) is 0 Å². The van der Waals surface area contributed by atoms with Crippen molar-refractivity contribution in [2.45, 2.75) is 5.60 Å². The third-order valence-corrected chi connectivity index (χ3v) is 5.45. The van der Waals surface area contributed by atoms with Crippen LogP contribution in [0, 0.1) is 0 Å². The summed E-state index contributed by atoms with van der Waals surface area (Å²) in [6.07, 6.45) is 0. The van der Waals surface area contributed by atoms with Gasteiger partial charge in [0.15, 0.2) is 5.60 Å². The monoisotopic (exact) mass is 423 g/mol. The van der Waals surface area contributed by atoms with Crippen molar-refractivity contribution in [2.75, 3.05) is 0 Å². The maximum Gasteiger partial charge on any atom is 0.340 e. The molecule has 0 atom stereocenters. The van der Waals surface area contributed by atoms with Gasteiger partial charge in [-0.1, -0.05) is 41.4 Å². The largest absolute Gasteiger partial charge is 0.506 e. The zero-order valence-corrected chi connectivity index (χ0v) is 18.0. The Morgan fingerprint density at radius 1 is 0.821 bits per heavy atom. The minimum absolute atomic E-state index is 0. The van der Waals surface area contributed by atoms with E-state index in [2.05, 4.69) is 0 Å². The van der Waals surface area contributed by atoms with Gasteiger partial charge in [-0.05, 0) is 18.2 Å². The van der Waals surface area contributed by atoms with Crippen molar-refractivity contribution < 1.29 is 24.5 Å². The van der Waals surface area contributed by atoms with Crippen molar-refractivity contribution in [2.24, 2.45) is 0 Å². The van der Waals surface area contributed by atoms with E-state index in [9.17, 15) is 15.0 Å². The number of halogens is 2. The summed E-state index contributed by atoms with van der Waals surface area (Å²) in [6, 6.07) is 12.7. The summed E-state index contributed by atoms with van der Waals surface area (Å²) in [4.78, 5) is 12.6. The average Bonchev–Trinajstić information content (AvgIpc) is 2.93. The van der Waals surface area contributed by atoms with Crippen molar-refractivity contribution >= 4 is 58.7 Å². The third-order valence-electron chi connectivity index (χ3n) is 4.85. The van der Waals surface area contributed by atoms with Crippen molar-refractivity contribution in [3.8, 4) is 23.0 Å². The van der Waals surface area contributed by atoms with Crippen LogP contribution in [0.4, 0.5) is 0 Å². The number of phenolic OH excluding ortho intramolecular Hbond substituents is 2. The van der Waals surface area contributed by atoms with Crippen LogP contribution in [0.1, 0.15) is 27.0 Å². The second-order valence-corrected chi connectivity index (χ2v) is 7.13. The van der Waals surface area contributed by atoms with Crippen molar-refractivity contribution in [1.29, 1.82) is 0 Å². The molecular weight excluding hydrogens is 414 g/mol. The van der Waals surface area contributed by atoms with Crippen LogP contribution in [0.2, 0.25) is 10.0 Å². The SMILES string of the molecule is O=C1OC2(c3cc(Cl)c(O)cc3Oc3cc(O)c(Cl)cc32)c2ccccc21.[Na]. The second kappa shape index (κ2) is 6.58. The van der Waals surface area contributed by atoms with E-state index >= 15 is 0 Å². The molecule has 0 aliphatic carbocycles. The standard InChI is InChI=1S/C20H10Cl2O5.Na/c21-13-5-11-17(7-15(13)23)26-18-8-16(24)14(22)6-12(18)20(11)10-4-2-1-3-9(10)19(25)27-20;/h1-8,23-24H;. The summed E-state index contributed by atoms with van der Waals surface area (Å²) in [6.45, 7) is 0. The summed E-state index contributed by atoms with van der Waals surface area (Å²) in [5, 5.41) is 20.2. The van der Waals surface area contributed by atoms with Gasteiger partial charge in [0.05, 0.1) is 15.6 Å². The zero-order valence-electron chi connectivity index (χ0n) is 14.5. The second-order valence-electron chi connectivity index (χ2n) is 6.32. The molecule has 5 rings (SSSR count). The Morgan fingerprint density at radius 3 is 1.93 bits per heavy atom. The molecule has 0 saturated carbocycles. The van der Waals surface area contributed by atoms with Gasteiger partial charge < -0.3 is 19.7 Å². The maximum atomic E-state index is 12.6. The molecule has 0 fully saturated rings. The molecule has 2 aliphatic rings. The molecule has 0 bridgehead atoms. The molecule has 3 aromatic carbocycles. The zero-order chi connectivity index (χ0) is 18.9. The number of aromatic hydroxyl groups is 2. The van der Waals surface area contributed by atoms with E-state index in [0.717, 1.165) is 0 Å². The van der Waals surface area contributed by atoms with Crippen LogP contribution in [-0.4, -0.2) is 45.7 Å². The van der Waals surface area contributed by atoms with E-state index < -0.39 is 11.6 Å². The van der Waals surface area contributed by atoms with E-state index in [1.807, 2.05) is 0 Å². The molecule has 0 saturated heterocycles. The molecule has 8 heteroatoms. The number of rotatable bonds is 0. The third kappa shape index (κ3) is 2.48. The van der Waals surface area contributed by atoms with Crippen LogP contribution in [-0.2, 0) is 10.3 Å². The Hall–Kier alpha value is -1.89. The number of hydrogen-bond donors (Lipinski definition) is 2. The van der Waals surface area contributed by atoms with Gasteiger partial charge in [-0.2, -0.15) is 0 Å². The van der Waals surface area contributed by atoms with Gasteiger partial charge in [-0.15, -0.1) is 0 Å². The number of benzene rings is 3. The Labute approximate surface area is 191 Å². The fourth-order valence-electron chi connectivity index (χ4n) is 3.69. The Kier molecular flexibility index (Phi) is 4.56. The predicted octanol–water partition coefficient (Wildman–Crippen LogP) is 4.59. The number of carbonyl (C=O) groups is 1. The number of esters is 1. The molecule has 2 N–H and O–H groups in total. The predicted molar refractivity (Wildman–Crippen MR) is 104 cm³/mol. The number of fused-ring (bicyclic) bond motifs is 6. The number of phenols is 2. The molecule has 0 unspecified atom stereocenters. The molecular formula is C20H10Cl2NaO5. The van der Waals surface area contributed by atoms with Crippen LogP contribution in [0.15, 0.2) is 48.5 Å². The van der Waals surface area contributed by atoms with Gasteiger partial charge in [-0.25, -0.2) is 4.79 Å². The van der Waals surface area contributed by atoms with Crippen molar-refractivity contribution in [1.82, 2.24) is 0 Å². The van der Waals surface area contributed by atoms with E-state index in [1.165, 1.54) is 24.3 Å².